The molecule has 0 radical (unpaired) electrons. The van der Waals surface area contributed by atoms with E-state index in [1.807, 2.05) is 0 Å². The summed E-state index contributed by atoms with van der Waals surface area (Å²) in [6.45, 7) is -0.437. The molecule has 7 nitrogen and oxygen atoms in total. The first-order valence-electron chi connectivity index (χ1n) is 9.20. The summed E-state index contributed by atoms with van der Waals surface area (Å²) in [5, 5.41) is 2.99. The normalized spacial score (nSPS) is 10.9. The van der Waals surface area contributed by atoms with Crippen LogP contribution in [-0.4, -0.2) is 35.1 Å². The van der Waals surface area contributed by atoms with Crippen LogP contribution in [-0.2, 0) is 14.8 Å². The van der Waals surface area contributed by atoms with Crippen LogP contribution in [0.1, 0.15) is 0 Å². The zero-order chi connectivity index (χ0) is 22.4. The predicted molar refractivity (Wildman–Crippen MR) is 121 cm³/mol. The summed E-state index contributed by atoms with van der Waals surface area (Å²) in [6.07, 6.45) is 0. The minimum atomic E-state index is -3.99. The number of halogens is 1. The van der Waals surface area contributed by atoms with E-state index in [9.17, 15) is 13.2 Å². The standard InChI is InChI=1S/C22H21ClN2O5S/c1-29-18-11-9-17(10-12-18)25(31(27,28)19-6-4-3-5-7-19)15-22(26)24-16-8-13-21(30-2)20(23)14-16/h3-14H,15H2,1-2H3,(H,24,26). The molecule has 3 rings (SSSR count). The van der Waals surface area contributed by atoms with Gasteiger partial charge in [-0.05, 0) is 54.6 Å². The third kappa shape index (κ3) is 5.28. The third-order valence-electron chi connectivity index (χ3n) is 4.41. The van der Waals surface area contributed by atoms with Crippen LogP contribution in [0.25, 0.3) is 0 Å². The molecule has 9 heteroatoms. The lowest BCUT2D eigenvalue weighted by Gasteiger charge is -2.24. The van der Waals surface area contributed by atoms with Crippen molar-refractivity contribution in [2.24, 2.45) is 0 Å². The van der Waals surface area contributed by atoms with E-state index in [1.165, 1.54) is 32.4 Å². The molecule has 0 spiro atoms. The van der Waals surface area contributed by atoms with Crippen LogP contribution in [0.2, 0.25) is 5.02 Å². The molecule has 0 atom stereocenters. The van der Waals surface area contributed by atoms with E-state index in [0.717, 1.165) is 4.31 Å². The van der Waals surface area contributed by atoms with Crippen LogP contribution in [0.5, 0.6) is 11.5 Å². The minimum absolute atomic E-state index is 0.0751. The van der Waals surface area contributed by atoms with Crippen molar-refractivity contribution in [1.82, 2.24) is 0 Å². The average molecular weight is 461 g/mol. The number of hydrogen-bond acceptors (Lipinski definition) is 5. The maximum Gasteiger partial charge on any atom is 0.264 e. The summed E-state index contributed by atoms with van der Waals surface area (Å²) < 4.78 is 37.9. The Bertz CT molecular complexity index is 1150. The third-order valence-corrected chi connectivity index (χ3v) is 6.50. The number of hydrogen-bond donors (Lipinski definition) is 1. The molecule has 3 aromatic carbocycles. The zero-order valence-electron chi connectivity index (χ0n) is 16.9. The zero-order valence-corrected chi connectivity index (χ0v) is 18.5. The number of sulfonamides is 1. The van der Waals surface area contributed by atoms with Crippen LogP contribution in [0, 0.1) is 0 Å². The van der Waals surface area contributed by atoms with Gasteiger partial charge >= 0.3 is 0 Å². The van der Waals surface area contributed by atoms with Crippen molar-refractivity contribution in [2.45, 2.75) is 4.90 Å². The lowest BCUT2D eigenvalue weighted by Crippen LogP contribution is -2.38. The number of ether oxygens (including phenoxy) is 2. The summed E-state index contributed by atoms with van der Waals surface area (Å²) in [4.78, 5) is 12.8. The fourth-order valence-electron chi connectivity index (χ4n) is 2.86. The summed E-state index contributed by atoms with van der Waals surface area (Å²) in [5.74, 6) is 0.501. The Balaban J connectivity index is 1.90. The van der Waals surface area contributed by atoms with Gasteiger partial charge in [-0.25, -0.2) is 8.42 Å². The molecule has 0 saturated heterocycles. The first kappa shape index (κ1) is 22.5. The average Bonchev–Trinajstić information content (AvgIpc) is 2.78. The molecule has 31 heavy (non-hydrogen) atoms. The molecule has 3 aromatic rings. The Kier molecular flexibility index (Phi) is 7.04. The van der Waals surface area contributed by atoms with Crippen molar-refractivity contribution < 1.29 is 22.7 Å². The van der Waals surface area contributed by atoms with Gasteiger partial charge in [-0.3, -0.25) is 9.10 Å². The van der Waals surface area contributed by atoms with E-state index in [1.54, 1.807) is 54.6 Å². The van der Waals surface area contributed by atoms with Gasteiger partial charge in [-0.2, -0.15) is 0 Å². The van der Waals surface area contributed by atoms with E-state index >= 15 is 0 Å². The summed E-state index contributed by atoms with van der Waals surface area (Å²) in [7, 11) is -0.993. The van der Waals surface area contributed by atoms with E-state index < -0.39 is 22.5 Å². The topological polar surface area (TPSA) is 84.9 Å². The Hall–Kier alpha value is -3.23. The van der Waals surface area contributed by atoms with E-state index in [4.69, 9.17) is 21.1 Å². The van der Waals surface area contributed by atoms with Gasteiger partial charge in [0.2, 0.25) is 5.91 Å². The maximum absolute atomic E-state index is 13.3. The lowest BCUT2D eigenvalue weighted by molar-refractivity contribution is -0.114. The van der Waals surface area contributed by atoms with Gasteiger partial charge in [0.15, 0.2) is 0 Å². The fourth-order valence-corrected chi connectivity index (χ4v) is 4.56. The highest BCUT2D eigenvalue weighted by atomic mass is 35.5. The van der Waals surface area contributed by atoms with Crippen molar-refractivity contribution in [3.05, 3.63) is 77.8 Å². The number of carbonyl (C=O) groups is 1. The van der Waals surface area contributed by atoms with E-state index in [-0.39, 0.29) is 4.90 Å². The highest BCUT2D eigenvalue weighted by Gasteiger charge is 2.27. The molecule has 0 bridgehead atoms. The van der Waals surface area contributed by atoms with Gasteiger partial charge in [0.05, 0.1) is 29.8 Å². The smallest absolute Gasteiger partial charge is 0.264 e. The van der Waals surface area contributed by atoms with Crippen molar-refractivity contribution in [1.29, 1.82) is 0 Å². The monoisotopic (exact) mass is 460 g/mol. The molecule has 1 amide bonds. The molecule has 0 aliphatic carbocycles. The number of rotatable bonds is 8. The predicted octanol–water partition coefficient (Wildman–Crippen LogP) is 4.19. The number of nitrogens with zero attached hydrogens (tertiary/aromatic N) is 1. The largest absolute Gasteiger partial charge is 0.497 e. The number of carbonyl (C=O) groups excluding carboxylic acids is 1. The summed E-state index contributed by atoms with van der Waals surface area (Å²) in [5.41, 5.74) is 0.746. The molecule has 0 saturated carbocycles. The molecule has 0 fully saturated rings. The molecule has 0 heterocycles. The maximum atomic E-state index is 13.3. The number of nitrogens with one attached hydrogen (secondary N) is 1. The Morgan fingerprint density at radius 3 is 2.23 bits per heavy atom. The van der Waals surface area contributed by atoms with E-state index in [2.05, 4.69) is 5.32 Å². The SMILES string of the molecule is COc1ccc(N(CC(=O)Nc2ccc(OC)c(Cl)c2)S(=O)(=O)c2ccccc2)cc1. The number of benzene rings is 3. The van der Waals surface area contributed by atoms with Crippen LogP contribution >= 0.6 is 11.6 Å². The van der Waals surface area contributed by atoms with Gasteiger partial charge < -0.3 is 14.8 Å². The second-order valence-electron chi connectivity index (χ2n) is 6.42. The highest BCUT2D eigenvalue weighted by molar-refractivity contribution is 7.92. The Labute approximate surface area is 186 Å². The van der Waals surface area contributed by atoms with Gasteiger partial charge in [0, 0.05) is 5.69 Å². The second kappa shape index (κ2) is 9.72. The molecule has 0 unspecified atom stereocenters. The van der Waals surface area contributed by atoms with Crippen LogP contribution in [0.4, 0.5) is 11.4 Å². The number of anilines is 2. The number of amides is 1. The minimum Gasteiger partial charge on any atom is -0.497 e. The van der Waals surface area contributed by atoms with Crippen LogP contribution in [0.3, 0.4) is 0 Å². The Morgan fingerprint density at radius 2 is 1.65 bits per heavy atom. The quantitative estimate of drug-likeness (QED) is 0.544. The van der Waals surface area contributed by atoms with Crippen LogP contribution < -0.4 is 19.1 Å². The van der Waals surface area contributed by atoms with E-state index in [0.29, 0.717) is 27.9 Å². The van der Waals surface area contributed by atoms with Gasteiger partial charge in [-0.1, -0.05) is 29.8 Å². The summed E-state index contributed by atoms with van der Waals surface area (Å²) in [6, 6.07) is 19.1. The summed E-state index contributed by atoms with van der Waals surface area (Å²) >= 11 is 6.10. The van der Waals surface area contributed by atoms with Gasteiger partial charge in [0.25, 0.3) is 10.0 Å². The molecule has 0 aromatic heterocycles. The van der Waals surface area contributed by atoms with Crippen molar-refractivity contribution in [3.63, 3.8) is 0 Å². The fraction of sp³-hybridized carbons (Fsp3) is 0.136. The second-order valence-corrected chi connectivity index (χ2v) is 8.69. The Morgan fingerprint density at radius 1 is 0.968 bits per heavy atom. The van der Waals surface area contributed by atoms with Crippen LogP contribution in [0.15, 0.2) is 77.7 Å². The number of methoxy groups -OCH3 is 2. The first-order valence-corrected chi connectivity index (χ1v) is 11.0. The lowest BCUT2D eigenvalue weighted by atomic mass is 10.3. The highest BCUT2D eigenvalue weighted by Crippen LogP contribution is 2.28. The van der Waals surface area contributed by atoms with Crippen molar-refractivity contribution in [2.75, 3.05) is 30.4 Å². The molecule has 0 aliphatic heterocycles. The van der Waals surface area contributed by atoms with Crippen molar-refractivity contribution >= 4 is 38.9 Å². The molecular weight excluding hydrogens is 440 g/mol. The van der Waals surface area contributed by atoms with Gasteiger partial charge in [-0.15, -0.1) is 0 Å². The molecule has 162 valence electrons. The van der Waals surface area contributed by atoms with Crippen molar-refractivity contribution in [3.8, 4) is 11.5 Å². The molecule has 0 aliphatic rings. The molecule has 1 N–H and O–H groups in total. The van der Waals surface area contributed by atoms with Gasteiger partial charge in [0.1, 0.15) is 18.0 Å². The first-order chi connectivity index (χ1) is 14.8. The molecular formula is C22H21ClN2O5S.